The van der Waals surface area contributed by atoms with Gasteiger partial charge in [0.05, 0.1) is 21.3 Å². The van der Waals surface area contributed by atoms with Crippen molar-refractivity contribution in [2.75, 3.05) is 21.3 Å². The predicted molar refractivity (Wildman–Crippen MR) is 64.7 cm³/mol. The van der Waals surface area contributed by atoms with Crippen LogP contribution in [0.15, 0.2) is 12.1 Å². The van der Waals surface area contributed by atoms with E-state index >= 15 is 0 Å². The molecule has 0 atom stereocenters. The summed E-state index contributed by atoms with van der Waals surface area (Å²) in [6.07, 6.45) is 3.24. The molecule has 0 bridgehead atoms. The highest BCUT2D eigenvalue weighted by atomic mass is 16.5. The summed E-state index contributed by atoms with van der Waals surface area (Å²) in [4.78, 5) is 0. The highest BCUT2D eigenvalue weighted by Gasteiger charge is 2.12. The Labute approximate surface area is 97.3 Å². The van der Waals surface area contributed by atoms with Gasteiger partial charge in [-0.3, -0.25) is 0 Å². The lowest BCUT2D eigenvalue weighted by Gasteiger charge is -2.14. The highest BCUT2D eigenvalue weighted by molar-refractivity contribution is 5.50. The monoisotopic (exact) mass is 224 g/mol. The molecule has 3 heteroatoms. The average Bonchev–Trinajstić information content (AvgIpc) is 2.35. The molecule has 0 unspecified atom stereocenters. The second-order valence-corrected chi connectivity index (χ2v) is 3.61. The minimum Gasteiger partial charge on any atom is -0.496 e. The van der Waals surface area contributed by atoms with Gasteiger partial charge in [-0.25, -0.2) is 0 Å². The van der Waals surface area contributed by atoms with Gasteiger partial charge in [0.25, 0.3) is 0 Å². The second-order valence-electron chi connectivity index (χ2n) is 3.61. The molecule has 3 nitrogen and oxygen atoms in total. The lowest BCUT2D eigenvalue weighted by molar-refractivity contribution is 0.368. The van der Waals surface area contributed by atoms with Gasteiger partial charge < -0.3 is 14.2 Å². The topological polar surface area (TPSA) is 27.7 Å². The Balaban J connectivity index is 3.09. The number of benzene rings is 1. The molecule has 0 aliphatic heterocycles. The first-order valence-corrected chi connectivity index (χ1v) is 5.55. The van der Waals surface area contributed by atoms with E-state index in [2.05, 4.69) is 6.92 Å². The first-order chi connectivity index (χ1) is 7.76. The molecule has 0 radical (unpaired) electrons. The zero-order chi connectivity index (χ0) is 12.0. The minimum absolute atomic E-state index is 0.758. The normalized spacial score (nSPS) is 10.0. The van der Waals surface area contributed by atoms with Gasteiger partial charge in [0.2, 0.25) is 0 Å². The van der Waals surface area contributed by atoms with Crippen LogP contribution in [-0.4, -0.2) is 21.3 Å². The molecular formula is C13H20O3. The van der Waals surface area contributed by atoms with Crippen molar-refractivity contribution in [1.29, 1.82) is 0 Å². The maximum atomic E-state index is 5.37. The Morgan fingerprint density at radius 1 is 0.938 bits per heavy atom. The summed E-state index contributed by atoms with van der Waals surface area (Å²) >= 11 is 0. The van der Waals surface area contributed by atoms with Crippen LogP contribution < -0.4 is 14.2 Å². The van der Waals surface area contributed by atoms with Gasteiger partial charge in [0.1, 0.15) is 17.2 Å². The summed E-state index contributed by atoms with van der Waals surface area (Å²) in [6, 6.07) is 3.79. The van der Waals surface area contributed by atoms with E-state index in [1.54, 1.807) is 21.3 Å². The molecule has 16 heavy (non-hydrogen) atoms. The summed E-state index contributed by atoms with van der Waals surface area (Å²) < 4.78 is 15.9. The van der Waals surface area contributed by atoms with E-state index in [1.165, 1.54) is 0 Å². The lowest BCUT2D eigenvalue weighted by atomic mass is 10.1. The molecule has 0 heterocycles. The van der Waals surface area contributed by atoms with Crippen LogP contribution in [0.1, 0.15) is 25.3 Å². The molecule has 0 N–H and O–H groups in total. The molecule has 0 spiro atoms. The van der Waals surface area contributed by atoms with Crippen molar-refractivity contribution in [3.05, 3.63) is 17.7 Å². The van der Waals surface area contributed by atoms with Gasteiger partial charge in [0.15, 0.2) is 0 Å². The zero-order valence-electron chi connectivity index (χ0n) is 10.5. The largest absolute Gasteiger partial charge is 0.496 e. The van der Waals surface area contributed by atoms with Crippen molar-refractivity contribution in [1.82, 2.24) is 0 Å². The lowest BCUT2D eigenvalue weighted by Crippen LogP contribution is -1.98. The maximum absolute atomic E-state index is 5.37. The van der Waals surface area contributed by atoms with E-state index in [9.17, 15) is 0 Å². The first-order valence-electron chi connectivity index (χ1n) is 5.55. The maximum Gasteiger partial charge on any atom is 0.129 e. The minimum atomic E-state index is 0.758. The molecule has 1 aromatic carbocycles. The standard InChI is InChI=1S/C13H20O3/c1-5-6-7-11-12(15-3)8-10(14-2)9-13(11)16-4/h8-9H,5-7H2,1-4H3. The number of rotatable bonds is 6. The molecule has 1 aromatic rings. The smallest absolute Gasteiger partial charge is 0.129 e. The molecule has 0 fully saturated rings. The molecule has 0 aromatic heterocycles. The number of hydrogen-bond donors (Lipinski definition) is 0. The SMILES string of the molecule is CCCCc1c(OC)cc(OC)cc1OC. The molecule has 0 saturated heterocycles. The van der Waals surface area contributed by atoms with Crippen molar-refractivity contribution in [2.24, 2.45) is 0 Å². The van der Waals surface area contributed by atoms with E-state index in [0.29, 0.717) is 0 Å². The third-order valence-electron chi connectivity index (χ3n) is 2.60. The van der Waals surface area contributed by atoms with E-state index in [-0.39, 0.29) is 0 Å². The van der Waals surface area contributed by atoms with E-state index in [0.717, 1.165) is 42.1 Å². The third-order valence-corrected chi connectivity index (χ3v) is 2.60. The molecule has 0 aliphatic rings. The van der Waals surface area contributed by atoms with E-state index in [1.807, 2.05) is 12.1 Å². The van der Waals surface area contributed by atoms with Gasteiger partial charge in [-0.15, -0.1) is 0 Å². The van der Waals surface area contributed by atoms with Crippen LogP contribution in [0.2, 0.25) is 0 Å². The summed E-state index contributed by atoms with van der Waals surface area (Å²) in [5, 5.41) is 0. The molecule has 0 saturated carbocycles. The molecular weight excluding hydrogens is 204 g/mol. The Bertz CT molecular complexity index is 309. The van der Waals surface area contributed by atoms with Gasteiger partial charge in [-0.1, -0.05) is 13.3 Å². The zero-order valence-corrected chi connectivity index (χ0v) is 10.5. The average molecular weight is 224 g/mol. The Morgan fingerprint density at radius 3 is 1.88 bits per heavy atom. The van der Waals surface area contributed by atoms with Crippen molar-refractivity contribution in [3.8, 4) is 17.2 Å². The summed E-state index contributed by atoms with van der Waals surface area (Å²) in [5.41, 5.74) is 1.12. The fourth-order valence-corrected chi connectivity index (χ4v) is 1.68. The van der Waals surface area contributed by atoms with Crippen LogP contribution >= 0.6 is 0 Å². The fraction of sp³-hybridized carbons (Fsp3) is 0.538. The van der Waals surface area contributed by atoms with Crippen molar-refractivity contribution < 1.29 is 14.2 Å². The molecule has 1 rings (SSSR count). The molecule has 90 valence electrons. The number of unbranched alkanes of at least 4 members (excludes halogenated alkanes) is 1. The summed E-state index contributed by atoms with van der Waals surface area (Å²) in [7, 11) is 4.98. The van der Waals surface area contributed by atoms with Gasteiger partial charge in [-0.05, 0) is 12.8 Å². The van der Waals surface area contributed by atoms with Crippen molar-refractivity contribution in [2.45, 2.75) is 26.2 Å². The van der Waals surface area contributed by atoms with E-state index in [4.69, 9.17) is 14.2 Å². The third kappa shape index (κ3) is 2.81. The quantitative estimate of drug-likeness (QED) is 0.743. The van der Waals surface area contributed by atoms with Crippen LogP contribution in [0.5, 0.6) is 17.2 Å². The summed E-state index contributed by atoms with van der Waals surface area (Å²) in [6.45, 7) is 2.17. The van der Waals surface area contributed by atoms with Gasteiger partial charge >= 0.3 is 0 Å². The number of methoxy groups -OCH3 is 3. The molecule has 0 amide bonds. The Kier molecular flexibility index (Phi) is 4.96. The van der Waals surface area contributed by atoms with Crippen molar-refractivity contribution >= 4 is 0 Å². The van der Waals surface area contributed by atoms with Crippen LogP contribution in [0.25, 0.3) is 0 Å². The van der Waals surface area contributed by atoms with Gasteiger partial charge in [-0.2, -0.15) is 0 Å². The van der Waals surface area contributed by atoms with Crippen LogP contribution in [0, 0.1) is 0 Å². The highest BCUT2D eigenvalue weighted by Crippen LogP contribution is 2.34. The predicted octanol–water partition coefficient (Wildman–Crippen LogP) is 3.06. The summed E-state index contributed by atoms with van der Waals surface area (Å²) in [5.74, 6) is 2.43. The molecule has 0 aliphatic carbocycles. The van der Waals surface area contributed by atoms with E-state index < -0.39 is 0 Å². The van der Waals surface area contributed by atoms with Gasteiger partial charge in [0, 0.05) is 17.7 Å². The number of hydrogen-bond acceptors (Lipinski definition) is 3. The second kappa shape index (κ2) is 6.26. The van der Waals surface area contributed by atoms with Crippen LogP contribution in [0.4, 0.5) is 0 Å². The van der Waals surface area contributed by atoms with Crippen molar-refractivity contribution in [3.63, 3.8) is 0 Å². The Hall–Kier alpha value is -1.38. The number of ether oxygens (including phenoxy) is 3. The van der Waals surface area contributed by atoms with Crippen LogP contribution in [0.3, 0.4) is 0 Å². The van der Waals surface area contributed by atoms with Crippen LogP contribution in [-0.2, 0) is 6.42 Å². The first kappa shape index (κ1) is 12.7. The Morgan fingerprint density at radius 2 is 1.50 bits per heavy atom. The fourth-order valence-electron chi connectivity index (χ4n) is 1.68.